The van der Waals surface area contributed by atoms with Crippen LogP contribution in [-0.2, 0) is 4.79 Å². The van der Waals surface area contributed by atoms with Crippen LogP contribution in [0.15, 0.2) is 12.3 Å². The standard InChI is InChI=1S/C13H18N4O4/c1-10-2-4-14-13(12(10)17(20)21)16-8-6-15(7-9-16)5-3-11(18)19/h2,4H,3,5-9H2,1H3,(H,18,19). The molecule has 114 valence electrons. The largest absolute Gasteiger partial charge is 0.481 e. The summed E-state index contributed by atoms with van der Waals surface area (Å²) < 4.78 is 0. The maximum absolute atomic E-state index is 11.2. The Morgan fingerprint density at radius 3 is 2.67 bits per heavy atom. The molecule has 1 aliphatic heterocycles. The van der Waals surface area contributed by atoms with Gasteiger partial charge in [0.2, 0.25) is 5.82 Å². The molecule has 0 unspecified atom stereocenters. The fourth-order valence-electron chi connectivity index (χ4n) is 2.43. The van der Waals surface area contributed by atoms with Gasteiger partial charge in [0.1, 0.15) is 0 Å². The number of aromatic nitrogens is 1. The van der Waals surface area contributed by atoms with Crippen LogP contribution in [0.1, 0.15) is 12.0 Å². The minimum atomic E-state index is -0.812. The summed E-state index contributed by atoms with van der Waals surface area (Å²) in [6, 6.07) is 1.63. The molecule has 1 aromatic heterocycles. The second-order valence-electron chi connectivity index (χ2n) is 5.03. The molecule has 0 saturated carbocycles. The zero-order valence-electron chi connectivity index (χ0n) is 11.9. The molecule has 0 atom stereocenters. The van der Waals surface area contributed by atoms with Crippen molar-refractivity contribution in [1.29, 1.82) is 0 Å². The van der Waals surface area contributed by atoms with Gasteiger partial charge < -0.3 is 10.0 Å². The molecule has 8 nitrogen and oxygen atoms in total. The first kappa shape index (κ1) is 15.2. The number of carboxylic acids is 1. The molecule has 0 aromatic carbocycles. The van der Waals surface area contributed by atoms with Crippen molar-refractivity contribution < 1.29 is 14.8 Å². The van der Waals surface area contributed by atoms with Crippen LogP contribution < -0.4 is 4.90 Å². The molecule has 21 heavy (non-hydrogen) atoms. The lowest BCUT2D eigenvalue weighted by molar-refractivity contribution is -0.384. The molecule has 1 fully saturated rings. The van der Waals surface area contributed by atoms with Crippen molar-refractivity contribution in [2.24, 2.45) is 0 Å². The number of pyridine rings is 1. The number of hydrogen-bond acceptors (Lipinski definition) is 6. The normalized spacial score (nSPS) is 16.0. The smallest absolute Gasteiger partial charge is 0.314 e. The van der Waals surface area contributed by atoms with Crippen LogP contribution in [0.2, 0.25) is 0 Å². The lowest BCUT2D eigenvalue weighted by Crippen LogP contribution is -2.47. The predicted molar refractivity (Wildman–Crippen MR) is 76.5 cm³/mol. The summed E-state index contributed by atoms with van der Waals surface area (Å²) >= 11 is 0. The van der Waals surface area contributed by atoms with Crippen molar-refractivity contribution in [3.8, 4) is 0 Å². The molecule has 0 bridgehead atoms. The quantitative estimate of drug-likeness (QED) is 0.636. The van der Waals surface area contributed by atoms with Gasteiger partial charge in [-0.25, -0.2) is 4.98 Å². The lowest BCUT2D eigenvalue weighted by atomic mass is 10.2. The monoisotopic (exact) mass is 294 g/mol. The first-order valence-electron chi connectivity index (χ1n) is 6.78. The summed E-state index contributed by atoms with van der Waals surface area (Å²) in [4.78, 5) is 29.5. The van der Waals surface area contributed by atoms with E-state index >= 15 is 0 Å². The molecule has 0 radical (unpaired) electrons. The Bertz CT molecular complexity index is 541. The molecule has 1 aromatic rings. The van der Waals surface area contributed by atoms with E-state index in [1.165, 1.54) is 0 Å². The van der Waals surface area contributed by atoms with Crippen molar-refractivity contribution in [3.63, 3.8) is 0 Å². The van der Waals surface area contributed by atoms with Gasteiger partial charge in [0.05, 0.1) is 11.3 Å². The van der Waals surface area contributed by atoms with Crippen molar-refractivity contribution in [3.05, 3.63) is 27.9 Å². The number of anilines is 1. The Balaban J connectivity index is 2.04. The molecule has 0 spiro atoms. The average Bonchev–Trinajstić information content (AvgIpc) is 2.45. The number of carbonyl (C=O) groups is 1. The highest BCUT2D eigenvalue weighted by atomic mass is 16.6. The van der Waals surface area contributed by atoms with Crippen LogP contribution in [0, 0.1) is 17.0 Å². The fraction of sp³-hybridized carbons (Fsp3) is 0.538. The SMILES string of the molecule is Cc1ccnc(N2CCN(CCC(=O)O)CC2)c1[N+](=O)[O-]. The molecule has 0 amide bonds. The van der Waals surface area contributed by atoms with Gasteiger partial charge in [-0.05, 0) is 13.0 Å². The Morgan fingerprint density at radius 2 is 2.10 bits per heavy atom. The summed E-state index contributed by atoms with van der Waals surface area (Å²) in [5.74, 6) is -0.411. The minimum Gasteiger partial charge on any atom is -0.481 e. The minimum absolute atomic E-state index is 0.0523. The first-order valence-corrected chi connectivity index (χ1v) is 6.78. The number of nitro groups is 1. The second kappa shape index (κ2) is 6.49. The highest BCUT2D eigenvalue weighted by Crippen LogP contribution is 2.29. The van der Waals surface area contributed by atoms with E-state index in [1.54, 1.807) is 19.2 Å². The van der Waals surface area contributed by atoms with Gasteiger partial charge in [-0.2, -0.15) is 0 Å². The van der Waals surface area contributed by atoms with E-state index in [0.717, 1.165) is 0 Å². The van der Waals surface area contributed by atoms with Crippen molar-refractivity contribution in [2.45, 2.75) is 13.3 Å². The van der Waals surface area contributed by atoms with Crippen molar-refractivity contribution in [2.75, 3.05) is 37.6 Å². The molecule has 1 aliphatic rings. The Labute approximate surface area is 122 Å². The lowest BCUT2D eigenvalue weighted by Gasteiger charge is -2.34. The van der Waals surface area contributed by atoms with Crippen LogP contribution in [0.3, 0.4) is 0 Å². The summed E-state index contributed by atoms with van der Waals surface area (Å²) in [6.07, 6.45) is 1.69. The average molecular weight is 294 g/mol. The van der Waals surface area contributed by atoms with E-state index in [4.69, 9.17) is 5.11 Å². The topological polar surface area (TPSA) is 99.8 Å². The number of nitrogens with zero attached hydrogens (tertiary/aromatic N) is 4. The maximum Gasteiger partial charge on any atom is 0.314 e. The highest BCUT2D eigenvalue weighted by Gasteiger charge is 2.26. The van der Waals surface area contributed by atoms with Crippen LogP contribution in [-0.4, -0.2) is 58.6 Å². The Hall–Kier alpha value is -2.22. The van der Waals surface area contributed by atoms with Crippen LogP contribution in [0.25, 0.3) is 0 Å². The number of carboxylic acid groups (broad SMARTS) is 1. The zero-order valence-corrected chi connectivity index (χ0v) is 11.9. The number of rotatable bonds is 5. The highest BCUT2D eigenvalue weighted by molar-refractivity contribution is 5.66. The number of hydrogen-bond donors (Lipinski definition) is 1. The summed E-state index contributed by atoms with van der Waals surface area (Å²) in [5, 5.41) is 19.9. The third kappa shape index (κ3) is 3.66. The van der Waals surface area contributed by atoms with E-state index < -0.39 is 10.9 Å². The Morgan fingerprint density at radius 1 is 1.43 bits per heavy atom. The van der Waals surface area contributed by atoms with E-state index in [2.05, 4.69) is 4.98 Å². The van der Waals surface area contributed by atoms with Crippen LogP contribution in [0.4, 0.5) is 11.5 Å². The van der Waals surface area contributed by atoms with Gasteiger partial charge in [0.25, 0.3) is 0 Å². The maximum atomic E-state index is 11.2. The summed E-state index contributed by atoms with van der Waals surface area (Å²) in [6.45, 7) is 4.78. The Kier molecular flexibility index (Phi) is 4.69. The van der Waals surface area contributed by atoms with Crippen LogP contribution in [0.5, 0.6) is 0 Å². The molecule has 8 heteroatoms. The molecular formula is C13H18N4O4. The van der Waals surface area contributed by atoms with E-state index in [0.29, 0.717) is 44.1 Å². The van der Waals surface area contributed by atoms with Gasteiger partial charge in [-0.3, -0.25) is 19.8 Å². The van der Waals surface area contributed by atoms with Crippen LogP contribution >= 0.6 is 0 Å². The number of aryl methyl sites for hydroxylation is 1. The van der Waals surface area contributed by atoms with Gasteiger partial charge >= 0.3 is 11.7 Å². The third-order valence-electron chi connectivity index (χ3n) is 3.60. The van der Waals surface area contributed by atoms with Gasteiger partial charge in [0, 0.05) is 44.5 Å². The van der Waals surface area contributed by atoms with Gasteiger partial charge in [-0.15, -0.1) is 0 Å². The summed E-state index contributed by atoms with van der Waals surface area (Å²) in [7, 11) is 0. The number of aliphatic carboxylic acids is 1. The van der Waals surface area contributed by atoms with E-state index in [1.807, 2.05) is 9.80 Å². The van der Waals surface area contributed by atoms with Gasteiger partial charge in [0.15, 0.2) is 0 Å². The molecule has 0 aliphatic carbocycles. The van der Waals surface area contributed by atoms with Crippen molar-refractivity contribution in [1.82, 2.24) is 9.88 Å². The summed E-state index contributed by atoms with van der Waals surface area (Å²) in [5.41, 5.74) is 0.648. The molecule has 1 saturated heterocycles. The second-order valence-corrected chi connectivity index (χ2v) is 5.03. The van der Waals surface area contributed by atoms with Gasteiger partial charge in [-0.1, -0.05) is 0 Å². The fourth-order valence-corrected chi connectivity index (χ4v) is 2.43. The van der Waals surface area contributed by atoms with E-state index in [9.17, 15) is 14.9 Å². The van der Waals surface area contributed by atoms with E-state index in [-0.39, 0.29) is 12.1 Å². The number of piperazine rings is 1. The van der Waals surface area contributed by atoms with Crippen molar-refractivity contribution >= 4 is 17.5 Å². The molecule has 1 N–H and O–H groups in total. The zero-order chi connectivity index (χ0) is 15.4. The predicted octanol–water partition coefficient (Wildman–Crippen LogP) is 0.895. The molecular weight excluding hydrogens is 276 g/mol. The first-order chi connectivity index (χ1) is 9.99. The molecule has 2 heterocycles. The molecule has 2 rings (SSSR count). The third-order valence-corrected chi connectivity index (χ3v) is 3.60.